The van der Waals surface area contributed by atoms with Crippen molar-refractivity contribution in [1.29, 1.82) is 0 Å². The molecule has 1 saturated heterocycles. The molecular formula is C29H33N5O2. The highest BCUT2D eigenvalue weighted by atomic mass is 16.2. The Morgan fingerprint density at radius 2 is 1.58 bits per heavy atom. The number of carbonyl (C=O) groups is 2. The summed E-state index contributed by atoms with van der Waals surface area (Å²) in [4.78, 5) is 37.2. The van der Waals surface area contributed by atoms with Gasteiger partial charge in [0, 0.05) is 45.3 Å². The molecule has 3 heterocycles. The van der Waals surface area contributed by atoms with Gasteiger partial charge in [0.15, 0.2) is 5.82 Å². The van der Waals surface area contributed by atoms with E-state index in [9.17, 15) is 9.59 Å². The van der Waals surface area contributed by atoms with E-state index in [1.165, 1.54) is 5.56 Å². The Kier molecular flexibility index (Phi) is 7.69. The van der Waals surface area contributed by atoms with Crippen LogP contribution in [0.2, 0.25) is 0 Å². The second kappa shape index (κ2) is 11.5. The third-order valence-corrected chi connectivity index (χ3v) is 6.96. The molecule has 0 bridgehead atoms. The molecule has 0 aliphatic carbocycles. The van der Waals surface area contributed by atoms with Gasteiger partial charge in [0.1, 0.15) is 0 Å². The molecule has 2 aliphatic rings. The molecule has 2 aliphatic heterocycles. The maximum absolute atomic E-state index is 13.4. The van der Waals surface area contributed by atoms with Gasteiger partial charge in [0.25, 0.3) is 5.91 Å². The maximum atomic E-state index is 13.4. The molecule has 5 rings (SSSR count). The monoisotopic (exact) mass is 483 g/mol. The minimum Gasteiger partial charge on any atom is -0.319 e. The Bertz CT molecular complexity index is 1190. The van der Waals surface area contributed by atoms with Crippen molar-refractivity contribution < 1.29 is 9.59 Å². The molecule has 0 unspecified atom stereocenters. The van der Waals surface area contributed by atoms with E-state index in [0.717, 1.165) is 58.5 Å². The van der Waals surface area contributed by atoms with Crippen LogP contribution in [-0.2, 0) is 11.3 Å². The number of nitrogens with zero attached hydrogens (tertiary/aromatic N) is 4. The molecule has 36 heavy (non-hydrogen) atoms. The van der Waals surface area contributed by atoms with Crippen LogP contribution in [0.15, 0.2) is 72.9 Å². The van der Waals surface area contributed by atoms with Gasteiger partial charge in [-0.2, -0.15) is 0 Å². The first-order valence-corrected chi connectivity index (χ1v) is 12.9. The van der Waals surface area contributed by atoms with Crippen molar-refractivity contribution in [3.05, 3.63) is 84.1 Å². The van der Waals surface area contributed by atoms with Crippen LogP contribution in [0.3, 0.4) is 0 Å². The molecule has 7 nitrogen and oxygen atoms in total. The van der Waals surface area contributed by atoms with Gasteiger partial charge < -0.3 is 10.2 Å². The summed E-state index contributed by atoms with van der Waals surface area (Å²) in [6, 6.07) is 21.4. The fourth-order valence-corrected chi connectivity index (χ4v) is 5.00. The summed E-state index contributed by atoms with van der Waals surface area (Å²) in [5, 5.41) is 2.89. The Hall–Kier alpha value is -3.55. The summed E-state index contributed by atoms with van der Waals surface area (Å²) >= 11 is 0. The van der Waals surface area contributed by atoms with Crippen molar-refractivity contribution in [2.45, 2.75) is 32.2 Å². The summed E-state index contributed by atoms with van der Waals surface area (Å²) in [6.45, 7) is 6.49. The average Bonchev–Trinajstić information content (AvgIpc) is 3.04. The van der Waals surface area contributed by atoms with E-state index in [1.54, 1.807) is 29.3 Å². The van der Waals surface area contributed by atoms with Crippen LogP contribution in [0.4, 0.5) is 17.2 Å². The smallest absolute Gasteiger partial charge is 0.257 e. The number of fused-ring (bicyclic) bond motifs is 2. The second-order valence-electron chi connectivity index (χ2n) is 9.49. The van der Waals surface area contributed by atoms with Crippen molar-refractivity contribution in [3.8, 4) is 0 Å². The van der Waals surface area contributed by atoms with Gasteiger partial charge in [0.05, 0.1) is 16.9 Å². The highest BCUT2D eigenvalue weighted by Crippen LogP contribution is 2.36. The van der Waals surface area contributed by atoms with E-state index in [-0.39, 0.29) is 11.8 Å². The number of rotatable bonds is 8. The lowest BCUT2D eigenvalue weighted by Crippen LogP contribution is -2.46. The number of benzene rings is 2. The number of carbonyl (C=O) groups excluding carboxylic acids is 2. The number of aromatic nitrogens is 1. The molecule has 3 aromatic rings. The first-order valence-electron chi connectivity index (χ1n) is 12.9. The SMILES string of the molecule is O=C1Nc2cccnc2N(C(=O)CCCCCN2CCN(Cc3ccccc3)CC2)c2ccccc21. The first-order chi connectivity index (χ1) is 17.7. The van der Waals surface area contributed by atoms with E-state index in [0.29, 0.717) is 29.2 Å². The molecule has 0 radical (unpaired) electrons. The number of pyridine rings is 1. The number of nitrogens with one attached hydrogen (secondary N) is 1. The predicted molar refractivity (Wildman–Crippen MR) is 142 cm³/mol. The van der Waals surface area contributed by atoms with Crippen LogP contribution >= 0.6 is 0 Å². The van der Waals surface area contributed by atoms with Crippen molar-refractivity contribution in [2.24, 2.45) is 0 Å². The fourth-order valence-electron chi connectivity index (χ4n) is 5.00. The van der Waals surface area contributed by atoms with Crippen molar-refractivity contribution in [3.63, 3.8) is 0 Å². The zero-order chi connectivity index (χ0) is 24.7. The molecule has 0 saturated carbocycles. The summed E-state index contributed by atoms with van der Waals surface area (Å²) in [5.74, 6) is 0.224. The van der Waals surface area contributed by atoms with E-state index >= 15 is 0 Å². The largest absolute Gasteiger partial charge is 0.319 e. The van der Waals surface area contributed by atoms with Crippen molar-refractivity contribution >= 4 is 29.0 Å². The maximum Gasteiger partial charge on any atom is 0.257 e. The number of amides is 2. The third-order valence-electron chi connectivity index (χ3n) is 6.96. The Labute approximate surface area is 212 Å². The summed E-state index contributed by atoms with van der Waals surface area (Å²) in [5.41, 5.74) is 3.00. The molecule has 0 spiro atoms. The molecule has 1 N–H and O–H groups in total. The number of hydrogen-bond acceptors (Lipinski definition) is 5. The lowest BCUT2D eigenvalue weighted by atomic mass is 10.1. The Morgan fingerprint density at radius 3 is 2.42 bits per heavy atom. The molecule has 7 heteroatoms. The normalized spacial score (nSPS) is 16.1. The zero-order valence-corrected chi connectivity index (χ0v) is 20.6. The van der Waals surface area contributed by atoms with Crippen LogP contribution < -0.4 is 10.2 Å². The van der Waals surface area contributed by atoms with Crippen LogP contribution in [0, 0.1) is 0 Å². The van der Waals surface area contributed by atoms with Gasteiger partial charge in [-0.3, -0.25) is 19.4 Å². The first kappa shape index (κ1) is 24.2. The van der Waals surface area contributed by atoms with Gasteiger partial charge >= 0.3 is 0 Å². The second-order valence-corrected chi connectivity index (χ2v) is 9.49. The lowest BCUT2D eigenvalue weighted by molar-refractivity contribution is -0.118. The Morgan fingerprint density at radius 1 is 0.833 bits per heavy atom. The van der Waals surface area contributed by atoms with Gasteiger partial charge in [-0.15, -0.1) is 0 Å². The summed E-state index contributed by atoms with van der Waals surface area (Å²) in [6.07, 6.45) is 4.96. The van der Waals surface area contributed by atoms with E-state index in [2.05, 4.69) is 50.4 Å². The van der Waals surface area contributed by atoms with Crippen LogP contribution in [0.25, 0.3) is 0 Å². The standard InChI is InChI=1S/C29H33N5O2/c35-27(34-26-14-7-6-12-24(26)29(36)31-25-13-9-16-30-28(25)34)15-5-2-8-17-32-18-20-33(21-19-32)22-23-10-3-1-4-11-23/h1,3-4,6-7,9-14,16H,2,5,8,15,17-22H2,(H,31,36). The minimum absolute atomic E-state index is 0.0339. The number of para-hydroxylation sites is 1. The number of anilines is 3. The lowest BCUT2D eigenvalue weighted by Gasteiger charge is -2.34. The fraction of sp³-hybridized carbons (Fsp3) is 0.345. The number of unbranched alkanes of at least 4 members (excludes halogenated alkanes) is 2. The van der Waals surface area contributed by atoms with Gasteiger partial charge in [-0.05, 0) is 49.2 Å². The quantitative estimate of drug-likeness (QED) is 0.471. The molecule has 0 atom stereocenters. The zero-order valence-electron chi connectivity index (χ0n) is 20.6. The van der Waals surface area contributed by atoms with Crippen molar-refractivity contribution in [2.75, 3.05) is 42.9 Å². The summed E-state index contributed by atoms with van der Waals surface area (Å²) < 4.78 is 0. The summed E-state index contributed by atoms with van der Waals surface area (Å²) in [7, 11) is 0. The molecule has 1 aromatic heterocycles. The van der Waals surface area contributed by atoms with E-state index in [1.807, 2.05) is 18.2 Å². The van der Waals surface area contributed by atoms with E-state index in [4.69, 9.17) is 0 Å². The van der Waals surface area contributed by atoms with Gasteiger partial charge in [-0.1, -0.05) is 48.9 Å². The number of piperazine rings is 1. The predicted octanol–water partition coefficient (Wildman–Crippen LogP) is 4.69. The highest BCUT2D eigenvalue weighted by molar-refractivity contribution is 6.17. The molecule has 2 amide bonds. The van der Waals surface area contributed by atoms with Crippen molar-refractivity contribution in [1.82, 2.24) is 14.8 Å². The number of hydrogen-bond donors (Lipinski definition) is 1. The molecule has 2 aromatic carbocycles. The third kappa shape index (κ3) is 5.64. The van der Waals surface area contributed by atoms with Crippen LogP contribution in [0.5, 0.6) is 0 Å². The van der Waals surface area contributed by atoms with Crippen LogP contribution in [0.1, 0.15) is 41.6 Å². The minimum atomic E-state index is -0.223. The molecular weight excluding hydrogens is 450 g/mol. The highest BCUT2D eigenvalue weighted by Gasteiger charge is 2.29. The topological polar surface area (TPSA) is 68.8 Å². The van der Waals surface area contributed by atoms with E-state index < -0.39 is 0 Å². The van der Waals surface area contributed by atoms with Crippen LogP contribution in [-0.4, -0.2) is 59.3 Å². The van der Waals surface area contributed by atoms with Gasteiger partial charge in [0.2, 0.25) is 5.91 Å². The average molecular weight is 484 g/mol. The Balaban J connectivity index is 1.10. The molecule has 186 valence electrons. The van der Waals surface area contributed by atoms with Gasteiger partial charge in [-0.25, -0.2) is 4.98 Å². The molecule has 1 fully saturated rings.